The molecule has 148 valence electrons. The Balaban J connectivity index is 2.10. The van der Waals surface area contributed by atoms with Gasteiger partial charge in [-0.05, 0) is 37.3 Å². The van der Waals surface area contributed by atoms with Crippen molar-refractivity contribution < 1.29 is 14.3 Å². The van der Waals surface area contributed by atoms with E-state index in [0.29, 0.717) is 29.0 Å². The molecule has 2 aromatic rings. The average Bonchev–Trinajstić information content (AvgIpc) is 3.07. The van der Waals surface area contributed by atoms with Gasteiger partial charge in [0.15, 0.2) is 0 Å². The topological polar surface area (TPSA) is 78.3 Å². The van der Waals surface area contributed by atoms with Crippen molar-refractivity contribution in [3.63, 3.8) is 0 Å². The molecule has 1 aliphatic rings. The van der Waals surface area contributed by atoms with Gasteiger partial charge in [0.25, 0.3) is 0 Å². The molecule has 0 spiro atoms. The first-order chi connectivity index (χ1) is 13.6. The van der Waals surface area contributed by atoms with E-state index in [9.17, 15) is 4.79 Å². The lowest BCUT2D eigenvalue weighted by molar-refractivity contribution is -0.138. The summed E-state index contributed by atoms with van der Waals surface area (Å²) in [6, 6.07) is 7.20. The van der Waals surface area contributed by atoms with Gasteiger partial charge < -0.3 is 14.8 Å². The maximum atomic E-state index is 12.8. The van der Waals surface area contributed by atoms with Crippen LogP contribution < -0.4 is 10.1 Å². The molecule has 1 unspecified atom stereocenters. The number of esters is 1. The van der Waals surface area contributed by atoms with Crippen LogP contribution >= 0.6 is 11.8 Å². The third kappa shape index (κ3) is 4.06. The summed E-state index contributed by atoms with van der Waals surface area (Å²) >= 11 is 1.55. The number of nitrogens with one attached hydrogen (secondary N) is 1. The van der Waals surface area contributed by atoms with Crippen LogP contribution in [0.2, 0.25) is 0 Å². The van der Waals surface area contributed by atoms with Gasteiger partial charge in [-0.2, -0.15) is 4.98 Å². The van der Waals surface area contributed by atoms with E-state index in [4.69, 9.17) is 9.47 Å². The number of hydrogen-bond donors (Lipinski definition) is 1. The van der Waals surface area contributed by atoms with E-state index in [1.807, 2.05) is 45.0 Å². The monoisotopic (exact) mass is 400 g/mol. The average molecular weight is 401 g/mol. The van der Waals surface area contributed by atoms with Gasteiger partial charge in [-0.25, -0.2) is 9.48 Å². The Morgan fingerprint density at radius 3 is 2.96 bits per heavy atom. The molecular weight excluding hydrogens is 376 g/mol. The highest BCUT2D eigenvalue weighted by Gasteiger charge is 2.35. The molecule has 1 aromatic heterocycles. The minimum absolute atomic E-state index is 0.141. The molecule has 1 atom stereocenters. The molecule has 1 aromatic carbocycles. The molecule has 2 heterocycles. The molecule has 0 bridgehead atoms. The van der Waals surface area contributed by atoms with Crippen LogP contribution in [0.5, 0.6) is 5.75 Å². The second kappa shape index (κ2) is 8.97. The Morgan fingerprint density at radius 1 is 1.43 bits per heavy atom. The number of thioether (sulfide) groups is 1. The Bertz CT molecular complexity index is 907. The molecule has 0 amide bonds. The summed E-state index contributed by atoms with van der Waals surface area (Å²) in [7, 11) is 0. The summed E-state index contributed by atoms with van der Waals surface area (Å²) in [6.07, 6.45) is 1.55. The molecule has 0 aliphatic carbocycles. The van der Waals surface area contributed by atoms with E-state index in [0.717, 1.165) is 17.1 Å². The number of carbonyl (C=O) groups excluding carboxylic acids is 1. The van der Waals surface area contributed by atoms with E-state index in [2.05, 4.69) is 22.0 Å². The number of hydrogen-bond acceptors (Lipinski definition) is 7. The van der Waals surface area contributed by atoms with Crippen LogP contribution in [0.25, 0.3) is 0 Å². The van der Waals surface area contributed by atoms with Crippen LogP contribution in [0.3, 0.4) is 0 Å². The minimum atomic E-state index is -0.465. The van der Waals surface area contributed by atoms with Gasteiger partial charge in [-0.1, -0.05) is 43.5 Å². The lowest BCUT2D eigenvalue weighted by Gasteiger charge is -2.28. The van der Waals surface area contributed by atoms with Crippen molar-refractivity contribution in [3.8, 4) is 5.75 Å². The third-order valence-corrected chi connectivity index (χ3v) is 4.86. The summed E-state index contributed by atoms with van der Waals surface area (Å²) in [5.41, 5.74) is 2.05. The van der Waals surface area contributed by atoms with E-state index in [-0.39, 0.29) is 6.61 Å². The SMILES string of the molecule is C=CCOC(=O)C1=C(C)Nc2nc(SCC)nn2C1c1cccc(OCC)c1. The largest absolute Gasteiger partial charge is 0.494 e. The Morgan fingerprint density at radius 2 is 2.25 bits per heavy atom. The molecule has 7 nitrogen and oxygen atoms in total. The molecule has 8 heteroatoms. The van der Waals surface area contributed by atoms with Gasteiger partial charge in [0.2, 0.25) is 11.1 Å². The second-order valence-electron chi connectivity index (χ2n) is 6.05. The molecule has 0 radical (unpaired) electrons. The highest BCUT2D eigenvalue weighted by atomic mass is 32.2. The fourth-order valence-electron chi connectivity index (χ4n) is 3.05. The molecule has 28 heavy (non-hydrogen) atoms. The lowest BCUT2D eigenvalue weighted by Crippen LogP contribution is -2.29. The van der Waals surface area contributed by atoms with Crippen LogP contribution in [0.15, 0.2) is 53.3 Å². The molecule has 0 saturated heterocycles. The number of benzene rings is 1. The first-order valence-corrected chi connectivity index (χ1v) is 10.2. The summed E-state index contributed by atoms with van der Waals surface area (Å²) in [5.74, 6) is 1.78. The fraction of sp³-hybridized carbons (Fsp3) is 0.350. The number of aromatic nitrogens is 3. The number of carbonyl (C=O) groups is 1. The number of ether oxygens (including phenoxy) is 2. The van der Waals surface area contributed by atoms with Gasteiger partial charge in [-0.15, -0.1) is 5.10 Å². The predicted molar refractivity (Wildman–Crippen MR) is 110 cm³/mol. The maximum absolute atomic E-state index is 12.8. The summed E-state index contributed by atoms with van der Waals surface area (Å²) < 4.78 is 12.7. The van der Waals surface area contributed by atoms with Gasteiger partial charge in [-0.3, -0.25) is 0 Å². The first kappa shape index (κ1) is 20.0. The van der Waals surface area contributed by atoms with E-state index in [1.54, 1.807) is 22.5 Å². The smallest absolute Gasteiger partial charge is 0.338 e. The number of anilines is 1. The first-order valence-electron chi connectivity index (χ1n) is 9.16. The molecule has 3 rings (SSSR count). The maximum Gasteiger partial charge on any atom is 0.338 e. The molecule has 0 fully saturated rings. The van der Waals surface area contributed by atoms with Crippen LogP contribution in [0.4, 0.5) is 5.95 Å². The van der Waals surface area contributed by atoms with E-state index in [1.165, 1.54) is 0 Å². The lowest BCUT2D eigenvalue weighted by atomic mass is 9.95. The van der Waals surface area contributed by atoms with E-state index < -0.39 is 12.0 Å². The Kier molecular flexibility index (Phi) is 6.41. The fourth-order valence-corrected chi connectivity index (χ4v) is 3.60. The number of nitrogens with zero attached hydrogens (tertiary/aromatic N) is 3. The van der Waals surface area contributed by atoms with Crippen LogP contribution in [-0.2, 0) is 9.53 Å². The van der Waals surface area contributed by atoms with Crippen molar-refractivity contribution in [1.29, 1.82) is 0 Å². The zero-order valence-electron chi connectivity index (χ0n) is 16.3. The molecule has 0 saturated carbocycles. The van der Waals surface area contributed by atoms with Gasteiger partial charge in [0, 0.05) is 5.70 Å². The zero-order valence-corrected chi connectivity index (χ0v) is 17.1. The highest BCUT2D eigenvalue weighted by Crippen LogP contribution is 2.37. The van der Waals surface area contributed by atoms with Crippen molar-refractivity contribution in [3.05, 3.63) is 53.8 Å². The third-order valence-electron chi connectivity index (χ3n) is 4.14. The van der Waals surface area contributed by atoms with Crippen molar-refractivity contribution >= 4 is 23.7 Å². The van der Waals surface area contributed by atoms with Gasteiger partial charge in [0.05, 0.1) is 12.2 Å². The summed E-state index contributed by atoms with van der Waals surface area (Å²) in [6.45, 7) is 10.1. The van der Waals surface area contributed by atoms with Crippen molar-refractivity contribution in [2.75, 3.05) is 24.3 Å². The minimum Gasteiger partial charge on any atom is -0.494 e. The number of rotatable bonds is 8. The normalized spacial score (nSPS) is 15.6. The van der Waals surface area contributed by atoms with Crippen molar-refractivity contribution in [2.45, 2.75) is 32.0 Å². The van der Waals surface area contributed by atoms with E-state index >= 15 is 0 Å². The molecule has 1 N–H and O–H groups in total. The number of fused-ring (bicyclic) bond motifs is 1. The molecule has 1 aliphatic heterocycles. The standard InChI is InChI=1S/C20H24N4O3S/c1-5-11-27-18(25)16-13(4)21-19-22-20(28-7-3)23-24(19)17(16)14-9-8-10-15(12-14)26-6-2/h5,8-10,12,17H,1,6-7,11H2,2-4H3,(H,21,22,23). The Hall–Kier alpha value is -2.74. The molecular formula is C20H24N4O3S. The second-order valence-corrected chi connectivity index (χ2v) is 7.29. The van der Waals surface area contributed by atoms with Gasteiger partial charge in [0.1, 0.15) is 18.4 Å². The van der Waals surface area contributed by atoms with Crippen LogP contribution in [-0.4, -0.2) is 39.7 Å². The number of allylic oxidation sites excluding steroid dienone is 1. The zero-order chi connectivity index (χ0) is 20.1. The highest BCUT2D eigenvalue weighted by molar-refractivity contribution is 7.99. The van der Waals surface area contributed by atoms with Crippen LogP contribution in [0.1, 0.15) is 32.4 Å². The van der Waals surface area contributed by atoms with Crippen molar-refractivity contribution in [1.82, 2.24) is 14.8 Å². The summed E-state index contributed by atoms with van der Waals surface area (Å²) in [5, 5.41) is 8.46. The van der Waals surface area contributed by atoms with Gasteiger partial charge >= 0.3 is 5.97 Å². The van der Waals surface area contributed by atoms with Crippen LogP contribution in [0, 0.1) is 0 Å². The quantitative estimate of drug-likeness (QED) is 0.410. The van der Waals surface area contributed by atoms with Crippen molar-refractivity contribution in [2.24, 2.45) is 0 Å². The summed E-state index contributed by atoms with van der Waals surface area (Å²) in [4.78, 5) is 17.4. The Labute approximate surface area is 168 Å². The predicted octanol–water partition coefficient (Wildman–Crippen LogP) is 3.81.